The van der Waals surface area contributed by atoms with E-state index in [4.69, 9.17) is 87.3 Å². The maximum absolute atomic E-state index is 13.5. The molecule has 0 radical (unpaired) electrons. The highest BCUT2D eigenvalue weighted by molar-refractivity contribution is 5.92. The van der Waals surface area contributed by atoms with E-state index in [1.165, 1.54) is 21.4 Å². The summed E-state index contributed by atoms with van der Waals surface area (Å²) in [5, 5.41) is 16.8. The van der Waals surface area contributed by atoms with Gasteiger partial charge >= 0.3 is 47.2 Å². The number of carbonyl (C=O) groups is 8. The van der Waals surface area contributed by atoms with Gasteiger partial charge in [-0.15, -0.1) is 0 Å². The molecule has 0 bridgehead atoms. The quantitative estimate of drug-likeness (QED) is 0.0102. The van der Waals surface area contributed by atoms with E-state index < -0.39 is 139 Å². The fourth-order valence-corrected chi connectivity index (χ4v) is 16.5. The number of ether oxygens (including phenoxy) is 16. The van der Waals surface area contributed by atoms with E-state index in [1.54, 1.807) is 222 Å². The van der Waals surface area contributed by atoms with Gasteiger partial charge in [0.1, 0.15) is 67.6 Å². The van der Waals surface area contributed by atoms with Gasteiger partial charge in [-0.1, -0.05) is 169 Å². The molecule has 2 aromatic heterocycles. The van der Waals surface area contributed by atoms with Crippen LogP contribution in [0.15, 0.2) is 216 Å². The van der Waals surface area contributed by atoms with Gasteiger partial charge in [-0.2, -0.15) is 9.97 Å². The van der Waals surface area contributed by atoms with Crippen LogP contribution in [0.5, 0.6) is 0 Å². The fraction of sp³-hybridized carbons (Fsp3) is 0.500. The monoisotopic (exact) mass is 1940 g/mol. The summed E-state index contributed by atoms with van der Waals surface area (Å²) in [5.41, 5.74) is 12.1. The van der Waals surface area contributed by atoms with Gasteiger partial charge in [0.15, 0.2) is 37.2 Å². The summed E-state index contributed by atoms with van der Waals surface area (Å²) < 4.78 is 97.6. The number of benzene rings is 6. The molecule has 4 saturated heterocycles. The smallest absolute Gasteiger partial charge is 0.351 e. The SMILES string of the molecule is CC[C@H]1O[C@@H](n2ccc(N)nc2=O)C(OCCCCCCNC(=O)CCCCO[C@@H]2O[C@H](COC(=O)c3ccccc3)[C@H](OC(=O)c3ccccc3)[C@H](OC(=O)c3ccccc3)[C@H]2C)[C@H]1C.CC[C@H]1O[C@@H](n2ccc(N)nc2=O)C(OCCCCCCNC(=O)CCCCO[C@@H]2O[C@H](COC(=O)c3ccccc3)[C@H](OC(=O)c3ccccc3)[C@H](OC(=O)c3ccccc3)[C@H]2C)[C@H]1O.COC(OC)N(C)C. The number of aromatic nitrogens is 4. The van der Waals surface area contributed by atoms with Crippen LogP contribution in [0.4, 0.5) is 11.6 Å². The molecule has 6 aromatic carbocycles. The van der Waals surface area contributed by atoms with Crippen LogP contribution in [0.25, 0.3) is 0 Å². The molecule has 4 aliphatic rings. The Morgan fingerprint density at radius 1 is 0.386 bits per heavy atom. The van der Waals surface area contributed by atoms with Gasteiger partial charge in [0.05, 0.1) is 45.6 Å². The van der Waals surface area contributed by atoms with Gasteiger partial charge in [-0.25, -0.2) is 38.4 Å². The van der Waals surface area contributed by atoms with Crippen molar-refractivity contribution >= 4 is 59.3 Å². The van der Waals surface area contributed by atoms with Crippen molar-refractivity contribution in [3.63, 3.8) is 0 Å². The second-order valence-corrected chi connectivity index (χ2v) is 34.7. The molecule has 0 spiro atoms. The van der Waals surface area contributed by atoms with Crippen LogP contribution in [0, 0.1) is 17.8 Å². The molecule has 2 unspecified atom stereocenters. The Morgan fingerprint density at radius 2 is 0.700 bits per heavy atom. The number of aliphatic hydroxyl groups excluding tert-OH is 1. The number of nitrogen functional groups attached to an aromatic ring is 2. The maximum atomic E-state index is 13.5. The third-order valence-corrected chi connectivity index (χ3v) is 24.1. The molecule has 4 fully saturated rings. The molecule has 8 aromatic rings. The van der Waals surface area contributed by atoms with Gasteiger partial charge in [-0.3, -0.25) is 23.6 Å². The van der Waals surface area contributed by atoms with Crippen molar-refractivity contribution in [2.45, 2.75) is 236 Å². The van der Waals surface area contributed by atoms with Gasteiger partial charge in [-0.05, 0) is 163 Å². The second-order valence-electron chi connectivity index (χ2n) is 34.7. The first kappa shape index (κ1) is 110. The minimum absolute atomic E-state index is 0.0347. The van der Waals surface area contributed by atoms with Crippen molar-refractivity contribution in [3.8, 4) is 0 Å². The Labute approximate surface area is 816 Å². The lowest BCUT2D eigenvalue weighted by Crippen LogP contribution is -2.58. The van der Waals surface area contributed by atoms with E-state index in [1.807, 2.05) is 32.8 Å². The normalized spacial score (nSPS) is 23.0. The number of carbonyl (C=O) groups excluding carboxylic acids is 8. The average Bonchev–Trinajstić information content (AvgIpc) is 0.907. The Bertz CT molecular complexity index is 4900. The Balaban J connectivity index is 0.000000267. The summed E-state index contributed by atoms with van der Waals surface area (Å²) in [6, 6.07) is 53.6. The second kappa shape index (κ2) is 58.2. The standard InChI is InChI=1S/C50H62N4O12.C49H60N4O13.C5H13NO2/c1-4-38-33(2)43(45(63-38)54-29-27-40(51)53-50(54)59)60-30-18-6-5-17-28-52-41(55)26-16-19-31-61-49-34(3)42(65-47(57)36-22-12-8-13-23-36)44(66-48(58)37-24-14-9-15-25-37)39(64-49)32-62-46(56)35-20-10-7-11-21-35;1-3-36-40(55)43(44(63-36)53-28-26-38(50)52-49(53)59)60-29-17-5-4-16-27-51-39(54)25-15-18-30-61-48-32(2)41(65-46(57)34-21-11-7-12-22-34)42(66-47(58)35-23-13-8-14-24-35)37(64-48)31-62-45(56)33-19-9-6-10-20-33;1-6(2)5(7-3)8-4/h7-15,20-25,27,29,33-34,38-39,42-45,49H,4-6,16-19,26,28,30-32H2,1-3H3,(H,52,55)(H2,51,53,59);6-14,19-24,26,28,32,36-37,40-44,48,55H,3-5,15-18,25,27,29-31H2,1-2H3,(H,51,54)(H2,50,52,59);5H,1-4H3/t33-,34+,38+,39+,42+,43?,44-,45+,49+;32-,36-,37-,40+,41-,42+,43?,44-,48-;/m01./s1. The van der Waals surface area contributed by atoms with Crippen molar-refractivity contribution in [1.82, 2.24) is 34.6 Å². The summed E-state index contributed by atoms with van der Waals surface area (Å²) in [6.45, 7) is 11.2. The van der Waals surface area contributed by atoms with E-state index >= 15 is 0 Å². The number of methoxy groups -OCH3 is 2. The number of rotatable bonds is 49. The summed E-state index contributed by atoms with van der Waals surface area (Å²) in [4.78, 5) is 140. The van der Waals surface area contributed by atoms with Crippen LogP contribution in [-0.4, -0.2) is 244 Å². The molecule has 36 heteroatoms. The molecule has 12 rings (SSSR count). The zero-order valence-corrected chi connectivity index (χ0v) is 81.0. The molecule has 140 heavy (non-hydrogen) atoms. The number of nitrogens with zero attached hydrogens (tertiary/aromatic N) is 5. The number of amides is 2. The Morgan fingerprint density at radius 3 is 1.04 bits per heavy atom. The lowest BCUT2D eigenvalue weighted by atomic mass is 9.91. The van der Waals surface area contributed by atoms with Gasteiger partial charge in [0.25, 0.3) is 0 Å². The number of anilines is 2. The first-order chi connectivity index (χ1) is 67.8. The molecule has 6 heterocycles. The molecule has 2 amide bonds. The largest absolute Gasteiger partial charge is 0.459 e. The van der Waals surface area contributed by atoms with Crippen LogP contribution < -0.4 is 33.5 Å². The number of hydrogen-bond acceptors (Lipinski definition) is 32. The van der Waals surface area contributed by atoms with Crippen LogP contribution in [-0.2, 0) is 85.4 Å². The lowest BCUT2D eigenvalue weighted by Gasteiger charge is -2.44. The number of nitrogens with two attached hydrogens (primary N) is 2. The molecule has 7 N–H and O–H groups in total. The molecular formula is C104H135N9O27. The van der Waals surface area contributed by atoms with E-state index in [0.29, 0.717) is 93.5 Å². The van der Waals surface area contributed by atoms with Crippen LogP contribution in [0.3, 0.4) is 0 Å². The van der Waals surface area contributed by atoms with Gasteiger partial charge in [0.2, 0.25) is 18.2 Å². The average molecular weight is 1940 g/mol. The van der Waals surface area contributed by atoms with E-state index in [-0.39, 0.29) is 92.0 Å². The third-order valence-electron chi connectivity index (χ3n) is 24.1. The minimum atomic E-state index is -1.18. The number of unbranched alkanes of at least 4 members (excludes halogenated alkanes) is 8. The first-order valence-corrected chi connectivity index (χ1v) is 48.0. The van der Waals surface area contributed by atoms with E-state index in [0.717, 1.165) is 51.4 Å². The Kier molecular flexibility index (Phi) is 45.7. The highest BCUT2D eigenvalue weighted by Gasteiger charge is 2.53. The van der Waals surface area contributed by atoms with Gasteiger partial charge < -0.3 is 103 Å². The molecule has 18 atom stereocenters. The lowest BCUT2D eigenvalue weighted by molar-refractivity contribution is -0.281. The van der Waals surface area contributed by atoms with E-state index in [2.05, 4.69) is 27.5 Å². The van der Waals surface area contributed by atoms with Crippen molar-refractivity contribution in [1.29, 1.82) is 0 Å². The number of aliphatic hydroxyl groups is 1. The zero-order chi connectivity index (χ0) is 100. The highest BCUT2D eigenvalue weighted by atomic mass is 16.7. The number of esters is 6. The summed E-state index contributed by atoms with van der Waals surface area (Å²) in [7, 11) is 6.98. The fourth-order valence-electron chi connectivity index (χ4n) is 16.5. The van der Waals surface area contributed by atoms with E-state index in [9.17, 15) is 53.1 Å². The zero-order valence-electron chi connectivity index (χ0n) is 81.0. The van der Waals surface area contributed by atoms with Crippen molar-refractivity contribution in [2.75, 3.05) is 92.5 Å². The number of nitrogens with one attached hydrogen (secondary N) is 2. The molecular weight excluding hydrogens is 1810 g/mol. The van der Waals surface area contributed by atoms with Crippen LogP contribution in [0.2, 0.25) is 0 Å². The van der Waals surface area contributed by atoms with Crippen molar-refractivity contribution < 1.29 is 119 Å². The minimum Gasteiger partial charge on any atom is -0.459 e. The van der Waals surface area contributed by atoms with Crippen LogP contribution in [0.1, 0.15) is 212 Å². The highest BCUT2D eigenvalue weighted by Crippen LogP contribution is 2.39. The van der Waals surface area contributed by atoms with Crippen molar-refractivity contribution in [2.24, 2.45) is 17.8 Å². The van der Waals surface area contributed by atoms with Gasteiger partial charge in [0, 0.05) is 96.7 Å². The van der Waals surface area contributed by atoms with Crippen molar-refractivity contribution in [3.05, 3.63) is 261 Å². The molecule has 0 aliphatic carbocycles. The summed E-state index contributed by atoms with van der Waals surface area (Å²) in [5.74, 6) is -4.91. The number of hydrogen-bond donors (Lipinski definition) is 5. The predicted molar refractivity (Wildman–Crippen MR) is 515 cm³/mol. The first-order valence-electron chi connectivity index (χ1n) is 48.0. The summed E-state index contributed by atoms with van der Waals surface area (Å²) in [6.07, 6.45) is 1.23. The summed E-state index contributed by atoms with van der Waals surface area (Å²) >= 11 is 0. The van der Waals surface area contributed by atoms with Crippen LogP contribution >= 0.6 is 0 Å². The predicted octanol–water partition coefficient (Wildman–Crippen LogP) is 12.2. The molecule has 0 saturated carbocycles. The molecule has 4 aliphatic heterocycles. The molecule has 36 nitrogen and oxygen atoms in total. The third kappa shape index (κ3) is 33.6. The molecule has 758 valence electrons. The topological polar surface area (TPSA) is 454 Å². The maximum Gasteiger partial charge on any atom is 0.351 e. The Hall–Kier alpha value is -12.0.